The van der Waals surface area contributed by atoms with Crippen LogP contribution in [0.1, 0.15) is 26.7 Å². The summed E-state index contributed by atoms with van der Waals surface area (Å²) in [5.74, 6) is 0.567. The minimum atomic E-state index is 0.442. The van der Waals surface area contributed by atoms with E-state index in [1.54, 1.807) is 7.11 Å². The van der Waals surface area contributed by atoms with Crippen molar-refractivity contribution >= 4 is 11.0 Å². The van der Waals surface area contributed by atoms with E-state index < -0.39 is 0 Å². The molecule has 2 atom stereocenters. The number of hydrogen-bond donors (Lipinski definition) is 1. The van der Waals surface area contributed by atoms with E-state index in [0.29, 0.717) is 12.0 Å². The number of rotatable bonds is 9. The van der Waals surface area contributed by atoms with Gasteiger partial charge in [-0.15, -0.1) is 0 Å². The van der Waals surface area contributed by atoms with Crippen LogP contribution >= 0.6 is 0 Å². The first-order valence-corrected chi connectivity index (χ1v) is 7.88. The Morgan fingerprint density at radius 3 is 2.90 bits per heavy atom. The van der Waals surface area contributed by atoms with Crippen molar-refractivity contribution in [2.45, 2.75) is 39.3 Å². The largest absolute Gasteiger partial charge is 0.385 e. The van der Waals surface area contributed by atoms with Gasteiger partial charge in [0.25, 0.3) is 0 Å². The quantitative estimate of drug-likeness (QED) is 0.771. The highest BCUT2D eigenvalue weighted by atomic mass is 16.5. The second-order valence-electron chi connectivity index (χ2n) is 5.71. The zero-order chi connectivity index (χ0) is 15.1. The van der Waals surface area contributed by atoms with Gasteiger partial charge in [0.05, 0.1) is 17.4 Å². The maximum Gasteiger partial charge on any atom is 0.0958 e. The third kappa shape index (κ3) is 4.29. The van der Waals surface area contributed by atoms with E-state index in [1.165, 1.54) is 5.52 Å². The SMILES string of the molecule is CCCNC(Cn1cnc2ccccc21)C(C)CCOC. The van der Waals surface area contributed by atoms with Crippen molar-refractivity contribution < 1.29 is 4.74 Å². The Balaban J connectivity index is 2.09. The van der Waals surface area contributed by atoms with E-state index in [4.69, 9.17) is 4.74 Å². The molecule has 0 saturated heterocycles. The van der Waals surface area contributed by atoms with Gasteiger partial charge >= 0.3 is 0 Å². The van der Waals surface area contributed by atoms with Gasteiger partial charge in [-0.25, -0.2) is 4.98 Å². The Bertz CT molecular complexity index is 538. The van der Waals surface area contributed by atoms with Gasteiger partial charge in [-0.3, -0.25) is 0 Å². The van der Waals surface area contributed by atoms with Crippen molar-refractivity contribution in [1.82, 2.24) is 14.9 Å². The van der Waals surface area contributed by atoms with Gasteiger partial charge < -0.3 is 14.6 Å². The molecule has 21 heavy (non-hydrogen) atoms. The fourth-order valence-electron chi connectivity index (χ4n) is 2.65. The molecule has 0 aliphatic rings. The first-order valence-electron chi connectivity index (χ1n) is 7.88. The van der Waals surface area contributed by atoms with E-state index in [0.717, 1.165) is 38.1 Å². The summed E-state index contributed by atoms with van der Waals surface area (Å²) in [4.78, 5) is 4.48. The summed E-state index contributed by atoms with van der Waals surface area (Å²) in [5, 5.41) is 3.68. The third-order valence-electron chi connectivity index (χ3n) is 4.04. The molecule has 2 aromatic rings. The molecule has 116 valence electrons. The van der Waals surface area contributed by atoms with Crippen LogP contribution in [-0.4, -0.2) is 35.9 Å². The number of nitrogens with one attached hydrogen (secondary N) is 1. The van der Waals surface area contributed by atoms with Crippen molar-refractivity contribution in [3.63, 3.8) is 0 Å². The summed E-state index contributed by atoms with van der Waals surface area (Å²) in [7, 11) is 1.77. The van der Waals surface area contributed by atoms with Crippen LogP contribution in [-0.2, 0) is 11.3 Å². The van der Waals surface area contributed by atoms with Crippen LogP contribution in [0.3, 0.4) is 0 Å². The normalized spacial score (nSPS) is 14.4. The molecule has 1 aromatic heterocycles. The summed E-state index contributed by atoms with van der Waals surface area (Å²) >= 11 is 0. The second kappa shape index (κ2) is 8.15. The number of hydrogen-bond acceptors (Lipinski definition) is 3. The monoisotopic (exact) mass is 289 g/mol. The Morgan fingerprint density at radius 2 is 2.14 bits per heavy atom. The summed E-state index contributed by atoms with van der Waals surface area (Å²) in [6.07, 6.45) is 4.18. The van der Waals surface area contributed by atoms with Gasteiger partial charge in [0.2, 0.25) is 0 Å². The van der Waals surface area contributed by atoms with Crippen LogP contribution in [0.4, 0.5) is 0 Å². The van der Waals surface area contributed by atoms with Crippen molar-refractivity contribution in [3.05, 3.63) is 30.6 Å². The van der Waals surface area contributed by atoms with E-state index in [-0.39, 0.29) is 0 Å². The highest BCUT2D eigenvalue weighted by Gasteiger charge is 2.18. The molecule has 1 aromatic carbocycles. The lowest BCUT2D eigenvalue weighted by atomic mass is 9.98. The molecule has 2 rings (SSSR count). The summed E-state index contributed by atoms with van der Waals surface area (Å²) in [6, 6.07) is 8.75. The fraction of sp³-hybridized carbons (Fsp3) is 0.588. The summed E-state index contributed by atoms with van der Waals surface area (Å²) < 4.78 is 7.48. The number of ether oxygens (including phenoxy) is 1. The first kappa shape index (κ1) is 16.0. The molecular weight excluding hydrogens is 262 g/mol. The zero-order valence-electron chi connectivity index (χ0n) is 13.4. The minimum absolute atomic E-state index is 0.442. The van der Waals surface area contributed by atoms with Crippen LogP contribution in [0.25, 0.3) is 11.0 Å². The van der Waals surface area contributed by atoms with E-state index in [1.807, 2.05) is 12.4 Å². The van der Waals surface area contributed by atoms with E-state index in [2.05, 4.69) is 46.9 Å². The number of fused-ring (bicyclic) bond motifs is 1. The molecule has 0 aliphatic heterocycles. The predicted molar refractivity (Wildman–Crippen MR) is 87.5 cm³/mol. The molecule has 1 N–H and O–H groups in total. The summed E-state index contributed by atoms with van der Waals surface area (Å²) in [6.45, 7) is 7.32. The molecule has 0 aliphatic carbocycles. The Morgan fingerprint density at radius 1 is 1.33 bits per heavy atom. The van der Waals surface area contributed by atoms with Crippen LogP contribution < -0.4 is 5.32 Å². The third-order valence-corrected chi connectivity index (χ3v) is 4.04. The van der Waals surface area contributed by atoms with Gasteiger partial charge in [-0.1, -0.05) is 26.0 Å². The lowest BCUT2D eigenvalue weighted by Gasteiger charge is -2.26. The Kier molecular flexibility index (Phi) is 6.21. The van der Waals surface area contributed by atoms with Crippen molar-refractivity contribution in [2.75, 3.05) is 20.3 Å². The fourth-order valence-corrected chi connectivity index (χ4v) is 2.65. The highest BCUT2D eigenvalue weighted by molar-refractivity contribution is 5.74. The van der Waals surface area contributed by atoms with Crippen molar-refractivity contribution in [1.29, 1.82) is 0 Å². The molecule has 0 saturated carbocycles. The van der Waals surface area contributed by atoms with Crippen molar-refractivity contribution in [2.24, 2.45) is 5.92 Å². The number of methoxy groups -OCH3 is 1. The second-order valence-corrected chi connectivity index (χ2v) is 5.71. The average Bonchev–Trinajstić information content (AvgIpc) is 2.92. The molecule has 0 fully saturated rings. The molecule has 4 heteroatoms. The molecule has 4 nitrogen and oxygen atoms in total. The molecule has 0 spiro atoms. The lowest BCUT2D eigenvalue weighted by molar-refractivity contribution is 0.167. The number of benzene rings is 1. The van der Waals surface area contributed by atoms with E-state index >= 15 is 0 Å². The average molecular weight is 289 g/mol. The first-order chi connectivity index (χ1) is 10.3. The highest BCUT2D eigenvalue weighted by Crippen LogP contribution is 2.16. The number of imidazole rings is 1. The van der Waals surface area contributed by atoms with Gasteiger partial charge in [-0.2, -0.15) is 0 Å². The maximum absolute atomic E-state index is 5.23. The molecule has 0 bridgehead atoms. The predicted octanol–water partition coefficient (Wildman–Crippen LogP) is 3.08. The van der Waals surface area contributed by atoms with Crippen LogP contribution in [0, 0.1) is 5.92 Å². The topological polar surface area (TPSA) is 39.1 Å². The Labute approximate surface area is 127 Å². The minimum Gasteiger partial charge on any atom is -0.385 e. The Hall–Kier alpha value is -1.39. The van der Waals surface area contributed by atoms with Gasteiger partial charge in [-0.05, 0) is 37.4 Å². The number of aromatic nitrogens is 2. The molecule has 0 amide bonds. The maximum atomic E-state index is 5.23. The molecule has 1 heterocycles. The smallest absolute Gasteiger partial charge is 0.0958 e. The molecular formula is C17H27N3O. The van der Waals surface area contributed by atoms with Gasteiger partial charge in [0, 0.05) is 26.3 Å². The zero-order valence-corrected chi connectivity index (χ0v) is 13.4. The van der Waals surface area contributed by atoms with Gasteiger partial charge in [0.15, 0.2) is 0 Å². The molecule has 2 unspecified atom stereocenters. The number of para-hydroxylation sites is 2. The van der Waals surface area contributed by atoms with Crippen LogP contribution in [0.2, 0.25) is 0 Å². The number of nitrogens with zero attached hydrogens (tertiary/aromatic N) is 2. The molecule has 0 radical (unpaired) electrons. The van der Waals surface area contributed by atoms with Gasteiger partial charge in [0.1, 0.15) is 0 Å². The lowest BCUT2D eigenvalue weighted by Crippen LogP contribution is -2.39. The van der Waals surface area contributed by atoms with Crippen molar-refractivity contribution in [3.8, 4) is 0 Å². The standard InChI is InChI=1S/C17H27N3O/c1-4-10-18-16(14(2)9-11-21-3)12-20-13-19-15-7-5-6-8-17(15)20/h5-8,13-14,16,18H,4,9-12H2,1-3H3. The van der Waals surface area contributed by atoms with E-state index in [9.17, 15) is 0 Å². The summed E-state index contributed by atoms with van der Waals surface area (Å²) in [5.41, 5.74) is 2.27. The van der Waals surface area contributed by atoms with Crippen LogP contribution in [0.15, 0.2) is 30.6 Å². The van der Waals surface area contributed by atoms with Crippen LogP contribution in [0.5, 0.6) is 0 Å².